The largest absolute Gasteiger partial charge is 0.341 e. The lowest BCUT2D eigenvalue weighted by atomic mass is 10.2. The molecule has 0 spiro atoms. The summed E-state index contributed by atoms with van der Waals surface area (Å²) in [6.07, 6.45) is 1.67. The SMILES string of the molecule is CC(NC(=O)c1cc(-c2ccsc2)n[nH]1)c1nncn1C(C)C. The van der Waals surface area contributed by atoms with Gasteiger partial charge in [-0.1, -0.05) is 0 Å². The third-order valence-electron chi connectivity index (χ3n) is 3.53. The van der Waals surface area contributed by atoms with E-state index in [1.807, 2.05) is 42.2 Å². The van der Waals surface area contributed by atoms with Gasteiger partial charge in [0.25, 0.3) is 5.91 Å². The zero-order valence-corrected chi connectivity index (χ0v) is 14.0. The summed E-state index contributed by atoms with van der Waals surface area (Å²) in [5.41, 5.74) is 2.18. The molecule has 0 bridgehead atoms. The number of carbonyl (C=O) groups excluding carboxylic acids is 1. The standard InChI is InChI=1S/C15H18N6OS/c1-9(2)21-8-16-20-14(21)10(3)17-15(22)13-6-12(18-19-13)11-4-5-23-7-11/h4-10H,1-3H3,(H,17,22)(H,18,19). The Morgan fingerprint density at radius 2 is 2.22 bits per heavy atom. The molecule has 0 aliphatic rings. The van der Waals surface area contributed by atoms with Crippen LogP contribution in [0.2, 0.25) is 0 Å². The minimum Gasteiger partial charge on any atom is -0.341 e. The molecule has 0 aromatic carbocycles. The van der Waals surface area contributed by atoms with Gasteiger partial charge < -0.3 is 9.88 Å². The van der Waals surface area contributed by atoms with Gasteiger partial charge >= 0.3 is 0 Å². The summed E-state index contributed by atoms with van der Waals surface area (Å²) < 4.78 is 1.94. The molecule has 3 heterocycles. The van der Waals surface area contributed by atoms with E-state index in [2.05, 4.69) is 25.7 Å². The fourth-order valence-corrected chi connectivity index (χ4v) is 2.94. The predicted octanol–water partition coefficient (Wildman–Crippen LogP) is 2.80. The average molecular weight is 330 g/mol. The molecule has 2 N–H and O–H groups in total. The first kappa shape index (κ1) is 15.4. The van der Waals surface area contributed by atoms with Crippen molar-refractivity contribution in [1.29, 1.82) is 0 Å². The maximum absolute atomic E-state index is 12.4. The highest BCUT2D eigenvalue weighted by Crippen LogP contribution is 2.21. The monoisotopic (exact) mass is 330 g/mol. The van der Waals surface area contributed by atoms with E-state index in [9.17, 15) is 4.79 Å². The van der Waals surface area contributed by atoms with Gasteiger partial charge in [0.15, 0.2) is 5.82 Å². The van der Waals surface area contributed by atoms with Crippen LogP contribution in [-0.2, 0) is 0 Å². The van der Waals surface area contributed by atoms with Crippen LogP contribution in [0.15, 0.2) is 29.2 Å². The number of hydrogen-bond donors (Lipinski definition) is 2. The van der Waals surface area contributed by atoms with E-state index in [1.54, 1.807) is 23.7 Å². The second-order valence-corrected chi connectivity index (χ2v) is 6.34. The number of thiophene rings is 1. The first-order chi connectivity index (χ1) is 11.1. The summed E-state index contributed by atoms with van der Waals surface area (Å²) in [5, 5.41) is 21.9. The first-order valence-corrected chi connectivity index (χ1v) is 8.28. The van der Waals surface area contributed by atoms with Gasteiger partial charge in [0.1, 0.15) is 12.0 Å². The zero-order chi connectivity index (χ0) is 16.4. The van der Waals surface area contributed by atoms with Gasteiger partial charge in [-0.25, -0.2) is 0 Å². The van der Waals surface area contributed by atoms with E-state index in [0.717, 1.165) is 17.1 Å². The maximum Gasteiger partial charge on any atom is 0.269 e. The molecule has 8 heteroatoms. The normalized spacial score (nSPS) is 12.5. The second-order valence-electron chi connectivity index (χ2n) is 5.56. The third kappa shape index (κ3) is 3.16. The summed E-state index contributed by atoms with van der Waals surface area (Å²) in [4.78, 5) is 12.4. The predicted molar refractivity (Wildman–Crippen MR) is 88.2 cm³/mol. The van der Waals surface area contributed by atoms with Gasteiger partial charge in [-0.15, -0.1) is 10.2 Å². The Hall–Kier alpha value is -2.48. The summed E-state index contributed by atoms with van der Waals surface area (Å²) in [6, 6.07) is 3.70. The Morgan fingerprint density at radius 3 is 2.91 bits per heavy atom. The van der Waals surface area contributed by atoms with Crippen molar-refractivity contribution in [1.82, 2.24) is 30.3 Å². The van der Waals surface area contributed by atoms with Gasteiger partial charge in [-0.3, -0.25) is 9.89 Å². The lowest BCUT2D eigenvalue weighted by molar-refractivity contribution is 0.0932. The lowest BCUT2D eigenvalue weighted by Crippen LogP contribution is -2.29. The number of amides is 1. The minimum atomic E-state index is -0.250. The van der Waals surface area contributed by atoms with Crippen molar-refractivity contribution in [2.24, 2.45) is 0 Å². The Bertz CT molecular complexity index is 789. The van der Waals surface area contributed by atoms with E-state index in [4.69, 9.17) is 0 Å². The molecule has 3 aromatic rings. The van der Waals surface area contributed by atoms with Crippen molar-refractivity contribution >= 4 is 17.2 Å². The molecule has 1 unspecified atom stereocenters. The molecule has 120 valence electrons. The van der Waals surface area contributed by atoms with Crippen LogP contribution in [0.5, 0.6) is 0 Å². The molecule has 0 radical (unpaired) electrons. The number of nitrogens with zero attached hydrogens (tertiary/aromatic N) is 4. The quantitative estimate of drug-likeness (QED) is 0.753. The molecule has 1 amide bonds. The van der Waals surface area contributed by atoms with Crippen LogP contribution in [-0.4, -0.2) is 30.9 Å². The summed E-state index contributed by atoms with van der Waals surface area (Å²) in [5.74, 6) is 0.510. The fourth-order valence-electron chi connectivity index (χ4n) is 2.29. The Morgan fingerprint density at radius 1 is 1.39 bits per heavy atom. The molecular weight excluding hydrogens is 312 g/mol. The topological polar surface area (TPSA) is 88.5 Å². The Labute approximate surface area is 137 Å². The number of hydrogen-bond acceptors (Lipinski definition) is 5. The van der Waals surface area contributed by atoms with Gasteiger partial charge in [0, 0.05) is 17.0 Å². The average Bonchev–Trinajstić information content (AvgIpc) is 3.25. The maximum atomic E-state index is 12.4. The van der Waals surface area contributed by atoms with Crippen LogP contribution in [0.1, 0.15) is 49.2 Å². The molecule has 0 saturated carbocycles. The molecule has 7 nitrogen and oxygen atoms in total. The lowest BCUT2D eigenvalue weighted by Gasteiger charge is -2.16. The van der Waals surface area contributed by atoms with Crippen molar-refractivity contribution in [3.8, 4) is 11.3 Å². The molecular formula is C15H18N6OS. The van der Waals surface area contributed by atoms with E-state index in [-0.39, 0.29) is 18.0 Å². The van der Waals surface area contributed by atoms with Crippen molar-refractivity contribution in [3.63, 3.8) is 0 Å². The summed E-state index contributed by atoms with van der Waals surface area (Å²) >= 11 is 1.59. The molecule has 3 aromatic heterocycles. The molecule has 23 heavy (non-hydrogen) atoms. The highest BCUT2D eigenvalue weighted by Gasteiger charge is 2.19. The molecule has 0 saturated heterocycles. The van der Waals surface area contributed by atoms with Gasteiger partial charge in [0.2, 0.25) is 0 Å². The second kappa shape index (κ2) is 6.33. The Kier molecular flexibility index (Phi) is 4.24. The third-order valence-corrected chi connectivity index (χ3v) is 4.21. The molecule has 0 aliphatic carbocycles. The number of nitrogens with one attached hydrogen (secondary N) is 2. The Balaban J connectivity index is 1.73. The van der Waals surface area contributed by atoms with Crippen LogP contribution in [0.4, 0.5) is 0 Å². The number of rotatable bonds is 5. The van der Waals surface area contributed by atoms with Gasteiger partial charge in [-0.2, -0.15) is 16.4 Å². The highest BCUT2D eigenvalue weighted by atomic mass is 32.1. The van der Waals surface area contributed by atoms with Crippen LogP contribution in [0.3, 0.4) is 0 Å². The van der Waals surface area contributed by atoms with E-state index in [0.29, 0.717) is 5.69 Å². The van der Waals surface area contributed by atoms with E-state index in [1.165, 1.54) is 0 Å². The number of aromatic amines is 1. The molecule has 3 rings (SSSR count). The summed E-state index contributed by atoms with van der Waals surface area (Å²) in [7, 11) is 0. The van der Waals surface area contributed by atoms with Crippen molar-refractivity contribution < 1.29 is 4.79 Å². The van der Waals surface area contributed by atoms with Crippen molar-refractivity contribution in [3.05, 3.63) is 40.7 Å². The van der Waals surface area contributed by atoms with E-state index >= 15 is 0 Å². The van der Waals surface area contributed by atoms with Gasteiger partial charge in [-0.05, 0) is 38.3 Å². The minimum absolute atomic E-state index is 0.218. The van der Waals surface area contributed by atoms with E-state index < -0.39 is 0 Å². The van der Waals surface area contributed by atoms with Crippen LogP contribution >= 0.6 is 11.3 Å². The number of carbonyl (C=O) groups is 1. The van der Waals surface area contributed by atoms with Crippen LogP contribution in [0, 0.1) is 0 Å². The molecule has 0 aliphatic heterocycles. The number of H-pyrrole nitrogens is 1. The molecule has 1 atom stereocenters. The smallest absolute Gasteiger partial charge is 0.269 e. The highest BCUT2D eigenvalue weighted by molar-refractivity contribution is 7.08. The van der Waals surface area contributed by atoms with Crippen LogP contribution < -0.4 is 5.32 Å². The zero-order valence-electron chi connectivity index (χ0n) is 13.1. The number of aromatic nitrogens is 5. The first-order valence-electron chi connectivity index (χ1n) is 7.34. The van der Waals surface area contributed by atoms with Crippen molar-refractivity contribution in [2.75, 3.05) is 0 Å². The fraction of sp³-hybridized carbons (Fsp3) is 0.333. The summed E-state index contributed by atoms with van der Waals surface area (Å²) in [6.45, 7) is 5.98. The molecule has 0 fully saturated rings. The van der Waals surface area contributed by atoms with Crippen molar-refractivity contribution in [2.45, 2.75) is 32.9 Å². The van der Waals surface area contributed by atoms with Gasteiger partial charge in [0.05, 0.1) is 11.7 Å². The van der Waals surface area contributed by atoms with Crippen LogP contribution in [0.25, 0.3) is 11.3 Å².